The largest absolute Gasteiger partial charge is 0.479 e. The van der Waals surface area contributed by atoms with Gasteiger partial charge in [-0.2, -0.15) is 13.2 Å². The maximum Gasteiger partial charge on any atom is 0.397 e. The van der Waals surface area contributed by atoms with Crippen molar-refractivity contribution in [2.75, 3.05) is 11.5 Å². The van der Waals surface area contributed by atoms with E-state index >= 15 is 0 Å². The van der Waals surface area contributed by atoms with Gasteiger partial charge in [0.1, 0.15) is 0 Å². The topological polar surface area (TPSA) is 66.4 Å². The second-order valence-electron chi connectivity index (χ2n) is 4.00. The van der Waals surface area contributed by atoms with Crippen molar-refractivity contribution < 1.29 is 27.9 Å². The highest BCUT2D eigenvalue weighted by molar-refractivity contribution is 9.10. The van der Waals surface area contributed by atoms with Gasteiger partial charge in [-0.25, -0.2) is 4.79 Å². The number of hydrogen-bond acceptors (Lipinski definition) is 3. The Balaban J connectivity index is 2.61. The van der Waals surface area contributed by atoms with Crippen molar-refractivity contribution >= 4 is 39.6 Å². The quantitative estimate of drug-likeness (QED) is 0.789. The molecule has 1 rings (SSSR count). The summed E-state index contributed by atoms with van der Waals surface area (Å²) in [6.45, 7) is 0. The number of thioether (sulfide) groups is 1. The molecule has 9 heteroatoms. The van der Waals surface area contributed by atoms with Crippen LogP contribution in [0.15, 0.2) is 28.7 Å². The number of carbonyl (C=O) groups excluding carboxylic acids is 1. The van der Waals surface area contributed by atoms with Crippen LogP contribution in [-0.2, 0) is 9.59 Å². The fourth-order valence-electron chi connectivity index (χ4n) is 1.40. The van der Waals surface area contributed by atoms with E-state index in [4.69, 9.17) is 5.11 Å². The Morgan fingerprint density at radius 2 is 1.86 bits per heavy atom. The Bertz CT molecular complexity index is 507. The van der Waals surface area contributed by atoms with Crippen molar-refractivity contribution in [3.63, 3.8) is 0 Å². The van der Waals surface area contributed by atoms with Crippen molar-refractivity contribution in [2.45, 2.75) is 12.2 Å². The maximum atomic E-state index is 11.9. The molecule has 1 atom stereocenters. The number of carbonyl (C=O) groups is 2. The normalized spacial score (nSPS) is 12.8. The Kier molecular flexibility index (Phi) is 6.53. The number of hydrogen-bond donors (Lipinski definition) is 2. The first kappa shape index (κ1) is 17.8. The van der Waals surface area contributed by atoms with Crippen molar-refractivity contribution in [3.05, 3.63) is 34.3 Å². The third kappa shape index (κ3) is 6.85. The van der Waals surface area contributed by atoms with Gasteiger partial charge in [0.2, 0.25) is 5.91 Å². The van der Waals surface area contributed by atoms with E-state index in [2.05, 4.69) is 21.2 Å². The summed E-state index contributed by atoms with van der Waals surface area (Å²) in [7, 11) is 0. The Morgan fingerprint density at radius 3 is 2.33 bits per heavy atom. The summed E-state index contributed by atoms with van der Waals surface area (Å²) in [5, 5.41) is 11.3. The molecule has 0 aromatic heterocycles. The minimum absolute atomic E-state index is 0.333. The minimum atomic E-state index is -4.36. The average molecular weight is 386 g/mol. The lowest BCUT2D eigenvalue weighted by molar-refractivity contribution is -0.141. The molecule has 0 bridgehead atoms. The van der Waals surface area contributed by atoms with Crippen LogP contribution in [0.25, 0.3) is 0 Å². The Labute approximate surface area is 131 Å². The number of rotatable bonds is 6. The van der Waals surface area contributed by atoms with Gasteiger partial charge >= 0.3 is 12.1 Å². The highest BCUT2D eigenvalue weighted by atomic mass is 79.9. The molecule has 116 valence electrons. The fourth-order valence-corrected chi connectivity index (χ4v) is 2.27. The van der Waals surface area contributed by atoms with E-state index in [1.54, 1.807) is 12.1 Å². The Morgan fingerprint density at radius 1 is 1.29 bits per heavy atom. The third-order valence-electron chi connectivity index (χ3n) is 2.25. The number of nitrogens with one attached hydrogen (secondary N) is 1. The fraction of sp³-hybridized carbons (Fsp3) is 0.333. The van der Waals surface area contributed by atoms with Crippen molar-refractivity contribution in [2.24, 2.45) is 0 Å². The zero-order valence-electron chi connectivity index (χ0n) is 10.5. The maximum absolute atomic E-state index is 11.9. The molecule has 0 aliphatic rings. The molecule has 0 radical (unpaired) electrons. The smallest absolute Gasteiger partial charge is 0.397 e. The zero-order valence-corrected chi connectivity index (χ0v) is 12.9. The first-order valence-electron chi connectivity index (χ1n) is 5.61. The van der Waals surface area contributed by atoms with E-state index < -0.39 is 35.6 Å². The van der Waals surface area contributed by atoms with E-state index in [0.717, 1.165) is 4.47 Å². The van der Waals surface area contributed by atoms with Crippen LogP contribution in [0.3, 0.4) is 0 Å². The summed E-state index contributed by atoms with van der Waals surface area (Å²) in [4.78, 5) is 22.7. The number of halogens is 4. The summed E-state index contributed by atoms with van der Waals surface area (Å²) in [6, 6.07) is 4.93. The molecule has 1 unspecified atom stereocenters. The first-order valence-corrected chi connectivity index (χ1v) is 7.56. The van der Waals surface area contributed by atoms with E-state index in [1.807, 2.05) is 0 Å². The zero-order chi connectivity index (χ0) is 16.0. The minimum Gasteiger partial charge on any atom is -0.479 e. The van der Waals surface area contributed by atoms with Gasteiger partial charge in [0.15, 0.2) is 6.04 Å². The van der Waals surface area contributed by atoms with Crippen LogP contribution in [0.4, 0.5) is 13.2 Å². The molecule has 0 aliphatic carbocycles. The van der Waals surface area contributed by atoms with Gasteiger partial charge in [-0.1, -0.05) is 28.1 Å². The number of benzene rings is 1. The second-order valence-corrected chi connectivity index (χ2v) is 5.90. The van der Waals surface area contributed by atoms with Crippen LogP contribution in [0, 0.1) is 0 Å². The average Bonchev–Trinajstić information content (AvgIpc) is 2.35. The summed E-state index contributed by atoms with van der Waals surface area (Å²) < 4.78 is 36.6. The van der Waals surface area contributed by atoms with Crippen molar-refractivity contribution in [3.8, 4) is 0 Å². The molecule has 0 saturated heterocycles. The first-order chi connectivity index (χ1) is 9.69. The van der Waals surface area contributed by atoms with Crippen LogP contribution in [0.2, 0.25) is 0 Å². The van der Waals surface area contributed by atoms with Crippen molar-refractivity contribution in [1.82, 2.24) is 5.32 Å². The molecular formula is C12H11BrF3NO3S. The lowest BCUT2D eigenvalue weighted by atomic mass is 10.1. The molecule has 1 aromatic carbocycles. The molecule has 1 amide bonds. The molecular weight excluding hydrogens is 375 g/mol. The van der Waals surface area contributed by atoms with Crippen LogP contribution < -0.4 is 5.32 Å². The van der Waals surface area contributed by atoms with Crippen LogP contribution in [0.1, 0.15) is 11.6 Å². The van der Waals surface area contributed by atoms with Crippen LogP contribution >= 0.6 is 27.7 Å². The highest BCUT2D eigenvalue weighted by Gasteiger charge is 2.28. The SMILES string of the molecule is O=C(CSCC(F)(F)F)NC(C(=O)O)c1ccc(Br)cc1. The van der Waals surface area contributed by atoms with E-state index in [9.17, 15) is 22.8 Å². The van der Waals surface area contributed by atoms with E-state index in [0.29, 0.717) is 17.3 Å². The molecule has 0 aliphatic heterocycles. The molecule has 1 aromatic rings. The van der Waals surface area contributed by atoms with Crippen LogP contribution in [0.5, 0.6) is 0 Å². The summed E-state index contributed by atoms with van der Waals surface area (Å²) in [5.41, 5.74) is 0.333. The third-order valence-corrected chi connectivity index (χ3v) is 3.78. The standard InChI is InChI=1S/C12H11BrF3NO3S/c13-8-3-1-7(2-4-8)10(11(19)20)17-9(18)5-21-6-12(14,15)16/h1-4,10H,5-6H2,(H,17,18)(H,19,20). The predicted molar refractivity (Wildman–Crippen MR) is 76.0 cm³/mol. The highest BCUT2D eigenvalue weighted by Crippen LogP contribution is 2.21. The predicted octanol–water partition coefficient (Wildman–Crippen LogP) is 2.99. The molecule has 0 heterocycles. The lowest BCUT2D eigenvalue weighted by Gasteiger charge is -2.15. The number of carboxylic acids is 1. The van der Waals surface area contributed by atoms with E-state index in [-0.39, 0.29) is 0 Å². The number of amides is 1. The Hall–Kier alpha value is -1.22. The lowest BCUT2D eigenvalue weighted by Crippen LogP contribution is -2.35. The van der Waals surface area contributed by atoms with Gasteiger partial charge in [-0.05, 0) is 17.7 Å². The van der Waals surface area contributed by atoms with Gasteiger partial charge < -0.3 is 10.4 Å². The van der Waals surface area contributed by atoms with Crippen molar-refractivity contribution in [1.29, 1.82) is 0 Å². The number of aliphatic carboxylic acids is 1. The number of carboxylic acid groups (broad SMARTS) is 1. The molecule has 4 nitrogen and oxygen atoms in total. The summed E-state index contributed by atoms with van der Waals surface area (Å²) >= 11 is 3.57. The second kappa shape index (κ2) is 7.69. The molecule has 0 spiro atoms. The van der Waals surface area contributed by atoms with Gasteiger partial charge in [-0.15, -0.1) is 11.8 Å². The molecule has 0 saturated carbocycles. The molecule has 0 fully saturated rings. The number of alkyl halides is 3. The monoisotopic (exact) mass is 385 g/mol. The van der Waals surface area contributed by atoms with Gasteiger partial charge in [0, 0.05) is 4.47 Å². The summed E-state index contributed by atoms with van der Waals surface area (Å²) in [5.74, 6) is -3.66. The van der Waals surface area contributed by atoms with Gasteiger partial charge in [-0.3, -0.25) is 4.79 Å². The van der Waals surface area contributed by atoms with Gasteiger partial charge in [0.25, 0.3) is 0 Å². The summed E-state index contributed by atoms with van der Waals surface area (Å²) in [6.07, 6.45) is -4.36. The van der Waals surface area contributed by atoms with E-state index in [1.165, 1.54) is 12.1 Å². The van der Waals surface area contributed by atoms with Crippen LogP contribution in [-0.4, -0.2) is 34.7 Å². The molecule has 21 heavy (non-hydrogen) atoms. The molecule has 2 N–H and O–H groups in total. The van der Waals surface area contributed by atoms with Gasteiger partial charge in [0.05, 0.1) is 11.5 Å².